The van der Waals surface area contributed by atoms with E-state index >= 15 is 0 Å². The van der Waals surface area contributed by atoms with Gasteiger partial charge in [0.25, 0.3) is 0 Å². The van der Waals surface area contributed by atoms with Crippen LogP contribution in [0.4, 0.5) is 0 Å². The summed E-state index contributed by atoms with van der Waals surface area (Å²) in [5.74, 6) is 0.910. The summed E-state index contributed by atoms with van der Waals surface area (Å²) < 4.78 is 32.4. The first-order valence-electron chi connectivity index (χ1n) is 7.22. The van der Waals surface area contributed by atoms with E-state index in [4.69, 9.17) is 4.74 Å². The summed E-state index contributed by atoms with van der Waals surface area (Å²) in [5.41, 5.74) is 0. The molecule has 106 valence electrons. The molecule has 1 aliphatic heterocycles. The highest BCUT2D eigenvalue weighted by atomic mass is 32.2. The monoisotopic (exact) mass is 275 g/mol. The van der Waals surface area contributed by atoms with E-state index < -0.39 is 10.0 Å². The smallest absolute Gasteiger partial charge is 0.211 e. The first-order chi connectivity index (χ1) is 8.61. The van der Waals surface area contributed by atoms with Gasteiger partial charge in [0, 0.05) is 6.61 Å². The molecule has 2 aliphatic rings. The number of rotatable bonds is 6. The lowest BCUT2D eigenvalue weighted by molar-refractivity contribution is 0.0989. The second kappa shape index (κ2) is 6.35. The Balaban J connectivity index is 1.79. The molecule has 4 nitrogen and oxygen atoms in total. The molecule has 1 saturated carbocycles. The zero-order valence-electron chi connectivity index (χ0n) is 11.2. The number of ether oxygens (including phenoxy) is 1. The van der Waals surface area contributed by atoms with E-state index in [0.29, 0.717) is 12.5 Å². The van der Waals surface area contributed by atoms with Crippen molar-refractivity contribution in [1.82, 2.24) is 4.72 Å². The molecule has 0 radical (unpaired) electrons. The third-order valence-electron chi connectivity index (χ3n) is 4.21. The van der Waals surface area contributed by atoms with Gasteiger partial charge in [-0.3, -0.25) is 0 Å². The molecule has 0 aromatic rings. The van der Waals surface area contributed by atoms with E-state index in [0.717, 1.165) is 19.3 Å². The molecule has 0 aromatic carbocycles. The van der Waals surface area contributed by atoms with Gasteiger partial charge in [0.2, 0.25) is 10.0 Å². The van der Waals surface area contributed by atoms with Crippen LogP contribution in [0.3, 0.4) is 0 Å². The van der Waals surface area contributed by atoms with Crippen molar-refractivity contribution in [3.8, 4) is 0 Å². The fraction of sp³-hybridized carbons (Fsp3) is 1.00. The van der Waals surface area contributed by atoms with Gasteiger partial charge in [-0.05, 0) is 25.2 Å². The van der Waals surface area contributed by atoms with Crippen molar-refractivity contribution in [2.45, 2.75) is 64.0 Å². The Bertz CT molecular complexity index is 349. The molecule has 18 heavy (non-hydrogen) atoms. The predicted molar refractivity (Wildman–Crippen MR) is 71.9 cm³/mol. The molecule has 2 fully saturated rings. The van der Waals surface area contributed by atoms with Crippen molar-refractivity contribution in [1.29, 1.82) is 0 Å². The summed E-state index contributed by atoms with van der Waals surface area (Å²) in [4.78, 5) is 0. The highest BCUT2D eigenvalue weighted by Crippen LogP contribution is 2.28. The minimum Gasteiger partial charge on any atom is -0.377 e. The Hall–Kier alpha value is -0.130. The number of sulfonamides is 1. The van der Waals surface area contributed by atoms with Crippen molar-refractivity contribution >= 4 is 10.0 Å². The Morgan fingerprint density at radius 1 is 1.22 bits per heavy atom. The molecule has 1 aliphatic carbocycles. The summed E-state index contributed by atoms with van der Waals surface area (Å²) in [5, 5.41) is 0. The maximum atomic E-state index is 12.0. The second-order valence-electron chi connectivity index (χ2n) is 5.59. The highest BCUT2D eigenvalue weighted by molar-refractivity contribution is 7.89. The Labute approximate surface area is 111 Å². The van der Waals surface area contributed by atoms with Gasteiger partial charge in [-0.2, -0.15) is 0 Å². The van der Waals surface area contributed by atoms with Crippen LogP contribution in [0.2, 0.25) is 0 Å². The molecule has 0 aromatic heterocycles. The third kappa shape index (κ3) is 3.93. The molecule has 1 N–H and O–H groups in total. The van der Waals surface area contributed by atoms with Gasteiger partial charge >= 0.3 is 0 Å². The molecule has 0 unspecified atom stereocenters. The van der Waals surface area contributed by atoms with Crippen molar-refractivity contribution < 1.29 is 13.2 Å². The molecule has 0 amide bonds. The maximum absolute atomic E-state index is 12.0. The van der Waals surface area contributed by atoms with E-state index in [2.05, 4.69) is 4.72 Å². The number of nitrogens with one attached hydrogen (secondary N) is 1. The Kier molecular flexibility index (Phi) is 5.04. The van der Waals surface area contributed by atoms with Crippen LogP contribution in [0.15, 0.2) is 0 Å². The molecular weight excluding hydrogens is 250 g/mol. The van der Waals surface area contributed by atoms with E-state index in [9.17, 15) is 8.42 Å². The van der Waals surface area contributed by atoms with E-state index in [1.165, 1.54) is 25.7 Å². The van der Waals surface area contributed by atoms with Gasteiger partial charge in [-0.25, -0.2) is 13.1 Å². The fourth-order valence-corrected chi connectivity index (χ4v) is 4.59. The first-order valence-corrected chi connectivity index (χ1v) is 8.87. The zero-order valence-corrected chi connectivity index (χ0v) is 12.0. The lowest BCUT2D eigenvalue weighted by Crippen LogP contribution is -2.41. The van der Waals surface area contributed by atoms with Crippen LogP contribution in [0, 0.1) is 5.92 Å². The van der Waals surface area contributed by atoms with Gasteiger partial charge in [0.15, 0.2) is 0 Å². The van der Waals surface area contributed by atoms with E-state index in [1.54, 1.807) is 0 Å². The van der Waals surface area contributed by atoms with Gasteiger partial charge < -0.3 is 4.74 Å². The number of hydrogen-bond donors (Lipinski definition) is 1. The van der Waals surface area contributed by atoms with Gasteiger partial charge in [-0.15, -0.1) is 0 Å². The average molecular weight is 275 g/mol. The van der Waals surface area contributed by atoms with Crippen molar-refractivity contribution in [3.63, 3.8) is 0 Å². The SMILES string of the molecule is CC[C@@H]1OCC[C@H]1NS(=O)(=O)CCC1CCCC1. The van der Waals surface area contributed by atoms with Gasteiger partial charge in [-0.1, -0.05) is 32.6 Å². The second-order valence-corrected chi connectivity index (χ2v) is 7.46. The van der Waals surface area contributed by atoms with Gasteiger partial charge in [0.1, 0.15) is 0 Å². The normalized spacial score (nSPS) is 30.1. The maximum Gasteiger partial charge on any atom is 0.211 e. The minimum atomic E-state index is -3.13. The lowest BCUT2D eigenvalue weighted by Gasteiger charge is -2.19. The quantitative estimate of drug-likeness (QED) is 0.807. The lowest BCUT2D eigenvalue weighted by atomic mass is 10.1. The van der Waals surface area contributed by atoms with Crippen LogP contribution < -0.4 is 4.72 Å². The van der Waals surface area contributed by atoms with Crippen LogP contribution in [0.25, 0.3) is 0 Å². The van der Waals surface area contributed by atoms with E-state index in [1.807, 2.05) is 6.92 Å². The molecule has 0 spiro atoms. The first kappa shape index (κ1) is 14.3. The topological polar surface area (TPSA) is 55.4 Å². The molecule has 0 bridgehead atoms. The largest absolute Gasteiger partial charge is 0.377 e. The summed E-state index contributed by atoms with van der Waals surface area (Å²) >= 11 is 0. The number of hydrogen-bond acceptors (Lipinski definition) is 3. The molecule has 2 rings (SSSR count). The fourth-order valence-electron chi connectivity index (χ4n) is 3.10. The molecule has 2 atom stereocenters. The minimum absolute atomic E-state index is 0.0106. The third-order valence-corrected chi connectivity index (χ3v) is 5.65. The summed E-state index contributed by atoms with van der Waals surface area (Å²) in [6, 6.07) is -0.0106. The van der Waals surface area contributed by atoms with Crippen LogP contribution >= 0.6 is 0 Å². The molecule has 5 heteroatoms. The summed E-state index contributed by atoms with van der Waals surface area (Å²) in [7, 11) is -3.13. The highest BCUT2D eigenvalue weighted by Gasteiger charge is 2.30. The Morgan fingerprint density at radius 3 is 2.61 bits per heavy atom. The van der Waals surface area contributed by atoms with Crippen LogP contribution in [0.5, 0.6) is 0 Å². The van der Waals surface area contributed by atoms with Crippen molar-refractivity contribution in [2.24, 2.45) is 5.92 Å². The van der Waals surface area contributed by atoms with Crippen molar-refractivity contribution in [3.05, 3.63) is 0 Å². The summed E-state index contributed by atoms with van der Waals surface area (Å²) in [6.45, 7) is 2.71. The molecule has 1 heterocycles. The summed E-state index contributed by atoms with van der Waals surface area (Å²) in [6.07, 6.45) is 7.51. The molecule has 1 saturated heterocycles. The Morgan fingerprint density at radius 2 is 1.94 bits per heavy atom. The predicted octanol–water partition coefficient (Wildman–Crippen LogP) is 2.05. The van der Waals surface area contributed by atoms with Crippen LogP contribution in [-0.4, -0.2) is 32.9 Å². The standard InChI is InChI=1S/C13H25NO3S/c1-2-13-12(7-9-17-13)14-18(15,16)10-8-11-5-3-4-6-11/h11-14H,2-10H2,1H3/t12-,13+/m1/s1. The van der Waals surface area contributed by atoms with E-state index in [-0.39, 0.29) is 17.9 Å². The zero-order chi connectivity index (χ0) is 13.0. The van der Waals surface area contributed by atoms with Crippen LogP contribution in [0.1, 0.15) is 51.9 Å². The average Bonchev–Trinajstić information content (AvgIpc) is 2.96. The van der Waals surface area contributed by atoms with Crippen LogP contribution in [-0.2, 0) is 14.8 Å². The van der Waals surface area contributed by atoms with Crippen molar-refractivity contribution in [2.75, 3.05) is 12.4 Å². The van der Waals surface area contributed by atoms with Gasteiger partial charge in [0.05, 0.1) is 17.9 Å². The molecular formula is C13H25NO3S.